The van der Waals surface area contributed by atoms with Crippen molar-refractivity contribution in [2.24, 2.45) is 0 Å². The first-order chi connectivity index (χ1) is 5.69. The van der Waals surface area contributed by atoms with Crippen LogP contribution >= 0.6 is 0 Å². The third kappa shape index (κ3) is 1.95. The largest absolute Gasteiger partial charge is 0.394 e. The molecule has 1 rings (SSSR count). The van der Waals surface area contributed by atoms with Crippen LogP contribution in [0.5, 0.6) is 0 Å². The fourth-order valence-electron chi connectivity index (χ4n) is 1.50. The number of rotatable bonds is 2. The van der Waals surface area contributed by atoms with Crippen molar-refractivity contribution in [3.05, 3.63) is 0 Å². The van der Waals surface area contributed by atoms with Crippen molar-refractivity contribution < 1.29 is 20.1 Å². The summed E-state index contributed by atoms with van der Waals surface area (Å²) in [5.74, 6) is 0. The van der Waals surface area contributed by atoms with Gasteiger partial charge in [0.1, 0.15) is 6.10 Å². The summed E-state index contributed by atoms with van der Waals surface area (Å²) < 4.78 is 5.31. The van der Waals surface area contributed by atoms with Crippen LogP contribution in [0.2, 0.25) is 0 Å². The molecular formula is C8H16O4. The fraction of sp³-hybridized carbons (Fsp3) is 1.00. The zero-order chi connectivity index (χ0) is 9.14. The van der Waals surface area contributed by atoms with Crippen LogP contribution in [0.15, 0.2) is 0 Å². The van der Waals surface area contributed by atoms with E-state index in [9.17, 15) is 10.2 Å². The van der Waals surface area contributed by atoms with Gasteiger partial charge in [-0.05, 0) is 6.42 Å². The van der Waals surface area contributed by atoms with E-state index in [0.717, 1.165) is 0 Å². The minimum atomic E-state index is -0.808. The predicted molar refractivity (Wildman–Crippen MR) is 42.7 cm³/mol. The molecule has 1 aliphatic heterocycles. The van der Waals surface area contributed by atoms with Gasteiger partial charge in [-0.25, -0.2) is 0 Å². The molecule has 3 N–H and O–H groups in total. The molecule has 4 nitrogen and oxygen atoms in total. The van der Waals surface area contributed by atoms with Gasteiger partial charge in [0, 0.05) is 6.42 Å². The first-order valence-electron chi connectivity index (χ1n) is 4.31. The minimum Gasteiger partial charge on any atom is -0.394 e. The van der Waals surface area contributed by atoms with Gasteiger partial charge in [0.2, 0.25) is 0 Å². The first-order valence-corrected chi connectivity index (χ1v) is 4.31. The lowest BCUT2D eigenvalue weighted by Crippen LogP contribution is -2.48. The summed E-state index contributed by atoms with van der Waals surface area (Å²) in [6.45, 7) is 1.78. The van der Waals surface area contributed by atoms with Crippen molar-refractivity contribution in [2.45, 2.75) is 44.2 Å². The summed E-state index contributed by atoms with van der Waals surface area (Å²) in [7, 11) is 0. The van der Waals surface area contributed by atoms with Gasteiger partial charge in [-0.2, -0.15) is 0 Å². The molecule has 3 unspecified atom stereocenters. The summed E-state index contributed by atoms with van der Waals surface area (Å²) in [5, 5.41) is 27.5. The minimum absolute atomic E-state index is 0.0969. The Balaban J connectivity index is 2.52. The molecule has 0 aromatic heterocycles. The van der Waals surface area contributed by atoms with Gasteiger partial charge in [-0.1, -0.05) is 6.92 Å². The van der Waals surface area contributed by atoms with Crippen LogP contribution in [0.3, 0.4) is 0 Å². The third-order valence-electron chi connectivity index (χ3n) is 2.25. The molecule has 1 heterocycles. The van der Waals surface area contributed by atoms with E-state index in [2.05, 4.69) is 0 Å². The Morgan fingerprint density at radius 2 is 2.08 bits per heavy atom. The van der Waals surface area contributed by atoms with Crippen LogP contribution in [-0.2, 0) is 4.74 Å². The summed E-state index contributed by atoms with van der Waals surface area (Å²) in [4.78, 5) is 0. The molecule has 0 bridgehead atoms. The van der Waals surface area contributed by atoms with Crippen LogP contribution in [0.25, 0.3) is 0 Å². The van der Waals surface area contributed by atoms with E-state index in [1.165, 1.54) is 0 Å². The van der Waals surface area contributed by atoms with E-state index in [1.807, 2.05) is 6.92 Å². The van der Waals surface area contributed by atoms with Gasteiger partial charge in [-0.3, -0.25) is 0 Å². The molecule has 0 aromatic rings. The Morgan fingerprint density at radius 1 is 1.42 bits per heavy atom. The summed E-state index contributed by atoms with van der Waals surface area (Å²) in [6, 6.07) is 0. The second-order valence-corrected chi connectivity index (χ2v) is 3.18. The predicted octanol–water partition coefficient (Wildman–Crippen LogP) is -0.732. The van der Waals surface area contributed by atoms with Crippen LogP contribution < -0.4 is 0 Å². The highest BCUT2D eigenvalue weighted by Gasteiger charge is 2.34. The Bertz CT molecular complexity index is 139. The first kappa shape index (κ1) is 9.92. The second-order valence-electron chi connectivity index (χ2n) is 3.18. The highest BCUT2D eigenvalue weighted by molar-refractivity contribution is 4.84. The number of aliphatic hydroxyl groups excluding tert-OH is 3. The van der Waals surface area contributed by atoms with Crippen molar-refractivity contribution in [1.82, 2.24) is 0 Å². The van der Waals surface area contributed by atoms with Gasteiger partial charge in [0.05, 0.1) is 24.9 Å². The number of hydrogen-bond acceptors (Lipinski definition) is 4. The fourth-order valence-corrected chi connectivity index (χ4v) is 1.50. The topological polar surface area (TPSA) is 69.9 Å². The molecule has 1 aliphatic rings. The zero-order valence-electron chi connectivity index (χ0n) is 7.18. The molecular weight excluding hydrogens is 160 g/mol. The number of ether oxygens (including phenoxy) is 1. The van der Waals surface area contributed by atoms with E-state index in [4.69, 9.17) is 9.84 Å². The van der Waals surface area contributed by atoms with E-state index in [1.54, 1.807) is 0 Å². The summed E-state index contributed by atoms with van der Waals surface area (Å²) in [6.07, 6.45) is -1.28. The van der Waals surface area contributed by atoms with Crippen molar-refractivity contribution in [3.63, 3.8) is 0 Å². The summed E-state index contributed by atoms with van der Waals surface area (Å²) in [5.41, 5.74) is 0. The van der Waals surface area contributed by atoms with Gasteiger partial charge in [0.25, 0.3) is 0 Å². The number of aliphatic hydroxyl groups is 3. The Morgan fingerprint density at radius 3 is 2.58 bits per heavy atom. The number of hydrogen-bond donors (Lipinski definition) is 3. The molecule has 0 aliphatic carbocycles. The SMILES string of the molecule is CC[C@H]1OC(CO)CC(O)C1O. The average Bonchev–Trinajstić information content (AvgIpc) is 2.09. The maximum Gasteiger partial charge on any atom is 0.106 e. The quantitative estimate of drug-likeness (QED) is 0.518. The lowest BCUT2D eigenvalue weighted by atomic mass is 9.97. The van der Waals surface area contributed by atoms with Crippen LogP contribution in [-0.4, -0.2) is 46.3 Å². The second kappa shape index (κ2) is 4.18. The molecule has 12 heavy (non-hydrogen) atoms. The highest BCUT2D eigenvalue weighted by Crippen LogP contribution is 2.21. The third-order valence-corrected chi connectivity index (χ3v) is 2.25. The molecule has 1 saturated heterocycles. The van der Waals surface area contributed by atoms with Crippen molar-refractivity contribution in [1.29, 1.82) is 0 Å². The zero-order valence-corrected chi connectivity index (χ0v) is 7.18. The van der Waals surface area contributed by atoms with Crippen LogP contribution in [0, 0.1) is 0 Å². The normalized spacial score (nSPS) is 43.0. The lowest BCUT2D eigenvalue weighted by Gasteiger charge is -2.36. The van der Waals surface area contributed by atoms with E-state index < -0.39 is 12.2 Å². The molecule has 1 fully saturated rings. The molecule has 0 spiro atoms. The van der Waals surface area contributed by atoms with Gasteiger partial charge in [0.15, 0.2) is 0 Å². The molecule has 0 saturated carbocycles. The van der Waals surface area contributed by atoms with Crippen molar-refractivity contribution in [2.75, 3.05) is 6.61 Å². The van der Waals surface area contributed by atoms with Crippen molar-refractivity contribution in [3.8, 4) is 0 Å². The van der Waals surface area contributed by atoms with Crippen molar-refractivity contribution >= 4 is 0 Å². The average molecular weight is 176 g/mol. The molecule has 0 amide bonds. The smallest absolute Gasteiger partial charge is 0.106 e. The molecule has 4 atom stereocenters. The maximum atomic E-state index is 9.39. The molecule has 0 aromatic carbocycles. The highest BCUT2D eigenvalue weighted by atomic mass is 16.5. The Labute approximate surface area is 71.8 Å². The van der Waals surface area contributed by atoms with Gasteiger partial charge in [-0.15, -0.1) is 0 Å². The van der Waals surface area contributed by atoms with Gasteiger partial charge >= 0.3 is 0 Å². The van der Waals surface area contributed by atoms with Crippen LogP contribution in [0.4, 0.5) is 0 Å². The monoisotopic (exact) mass is 176 g/mol. The molecule has 0 radical (unpaired) electrons. The van der Waals surface area contributed by atoms with Gasteiger partial charge < -0.3 is 20.1 Å². The van der Waals surface area contributed by atoms with E-state index in [0.29, 0.717) is 12.8 Å². The lowest BCUT2D eigenvalue weighted by molar-refractivity contribution is -0.177. The standard InChI is InChI=1S/C8H16O4/c1-2-7-8(11)6(10)3-5(4-9)12-7/h5-11H,2-4H2,1H3/t5?,6?,7-,8?/m1/s1. The van der Waals surface area contributed by atoms with E-state index in [-0.39, 0.29) is 18.8 Å². The maximum absolute atomic E-state index is 9.39. The van der Waals surface area contributed by atoms with Crippen LogP contribution in [0.1, 0.15) is 19.8 Å². The van der Waals surface area contributed by atoms with E-state index >= 15 is 0 Å². The Kier molecular flexibility index (Phi) is 3.46. The molecule has 4 heteroatoms. The Hall–Kier alpha value is -0.160. The molecule has 72 valence electrons. The summed E-state index contributed by atoms with van der Waals surface area (Å²) >= 11 is 0.